The van der Waals surface area contributed by atoms with Gasteiger partial charge in [-0.15, -0.1) is 10.2 Å². The van der Waals surface area contributed by atoms with Crippen molar-refractivity contribution in [2.75, 3.05) is 0 Å². The lowest BCUT2D eigenvalue weighted by Crippen LogP contribution is -2.31. The zero-order valence-electron chi connectivity index (χ0n) is 17.4. The average molecular weight is 415 g/mol. The molecular formula is C25H26N4O2. The molecule has 158 valence electrons. The number of nitrogens with one attached hydrogen (secondary N) is 2. The Balaban J connectivity index is 1.13. The molecule has 2 aromatic carbocycles. The minimum Gasteiger partial charge on any atom is -0.425 e. The Morgan fingerprint density at radius 2 is 1.84 bits per heavy atom. The second-order valence-corrected chi connectivity index (χ2v) is 8.16. The summed E-state index contributed by atoms with van der Waals surface area (Å²) in [5.74, 6) is 1.16. The molecule has 2 heterocycles. The molecule has 0 radical (unpaired) electrons. The number of hydrogen-bond donors (Lipinski definition) is 2. The Kier molecular flexibility index (Phi) is 5.52. The van der Waals surface area contributed by atoms with E-state index in [1.165, 1.54) is 22.1 Å². The Labute approximate surface area is 181 Å². The third-order valence-corrected chi connectivity index (χ3v) is 6.06. The van der Waals surface area contributed by atoms with Gasteiger partial charge in [-0.3, -0.25) is 4.79 Å². The van der Waals surface area contributed by atoms with Gasteiger partial charge < -0.3 is 14.7 Å². The van der Waals surface area contributed by atoms with E-state index in [0.29, 0.717) is 31.0 Å². The van der Waals surface area contributed by atoms with E-state index in [4.69, 9.17) is 4.42 Å². The molecule has 4 aromatic rings. The van der Waals surface area contributed by atoms with Crippen LogP contribution in [0.3, 0.4) is 0 Å². The number of nitrogens with zero attached hydrogens (tertiary/aromatic N) is 2. The van der Waals surface area contributed by atoms with Crippen LogP contribution in [0.2, 0.25) is 0 Å². The van der Waals surface area contributed by atoms with Gasteiger partial charge in [0, 0.05) is 36.4 Å². The molecule has 1 unspecified atom stereocenters. The fraction of sp³-hybridized carbons (Fsp3) is 0.320. The van der Waals surface area contributed by atoms with Gasteiger partial charge in [0.25, 0.3) is 0 Å². The van der Waals surface area contributed by atoms with Gasteiger partial charge in [0.2, 0.25) is 17.7 Å². The summed E-state index contributed by atoms with van der Waals surface area (Å²) in [7, 11) is 0. The minimum atomic E-state index is 0.0280. The van der Waals surface area contributed by atoms with Crippen molar-refractivity contribution in [2.24, 2.45) is 0 Å². The molecule has 2 aromatic heterocycles. The third kappa shape index (κ3) is 4.38. The quantitative estimate of drug-likeness (QED) is 0.468. The standard InChI is InChI=1S/C25H26N4O2/c30-23(27-22-11-5-7-17-6-1-2-8-19(17)22)13-15-25-29-28-24(31-25)14-12-18-16-26-21-10-4-3-9-20(18)21/h1-4,6,8-10,16,22,26H,5,7,11-15H2,(H,27,30). The first kappa shape index (κ1) is 19.5. The van der Waals surface area contributed by atoms with Crippen LogP contribution in [0.5, 0.6) is 0 Å². The molecule has 1 aliphatic carbocycles. The first-order chi connectivity index (χ1) is 15.3. The molecule has 0 aliphatic heterocycles. The molecule has 31 heavy (non-hydrogen) atoms. The van der Waals surface area contributed by atoms with Gasteiger partial charge in [-0.05, 0) is 48.4 Å². The van der Waals surface area contributed by atoms with Gasteiger partial charge in [0.15, 0.2) is 0 Å². The van der Waals surface area contributed by atoms with Crippen LogP contribution in [0.1, 0.15) is 53.8 Å². The predicted octanol–water partition coefficient (Wildman–Crippen LogP) is 4.46. The second kappa shape index (κ2) is 8.76. The van der Waals surface area contributed by atoms with E-state index in [1.807, 2.05) is 24.4 Å². The van der Waals surface area contributed by atoms with E-state index in [0.717, 1.165) is 31.2 Å². The van der Waals surface area contributed by atoms with E-state index in [-0.39, 0.29) is 11.9 Å². The normalized spacial score (nSPS) is 15.7. The van der Waals surface area contributed by atoms with Crippen molar-refractivity contribution in [2.45, 2.75) is 51.0 Å². The molecule has 0 saturated heterocycles. The Morgan fingerprint density at radius 3 is 2.77 bits per heavy atom. The fourth-order valence-electron chi connectivity index (χ4n) is 4.46. The summed E-state index contributed by atoms with van der Waals surface area (Å²) < 4.78 is 5.78. The van der Waals surface area contributed by atoms with E-state index < -0.39 is 0 Å². The van der Waals surface area contributed by atoms with Crippen LogP contribution in [0.4, 0.5) is 0 Å². The van der Waals surface area contributed by atoms with Crippen LogP contribution in [0.25, 0.3) is 10.9 Å². The summed E-state index contributed by atoms with van der Waals surface area (Å²) in [5.41, 5.74) is 4.97. The monoisotopic (exact) mass is 414 g/mol. The predicted molar refractivity (Wildman–Crippen MR) is 119 cm³/mol. The molecular weight excluding hydrogens is 388 g/mol. The maximum absolute atomic E-state index is 12.5. The maximum atomic E-state index is 12.5. The number of aromatic nitrogens is 3. The molecule has 1 atom stereocenters. The van der Waals surface area contributed by atoms with Crippen LogP contribution >= 0.6 is 0 Å². The van der Waals surface area contributed by atoms with Crippen LogP contribution in [0.15, 0.2) is 59.1 Å². The summed E-state index contributed by atoms with van der Waals surface area (Å²) in [6, 6.07) is 16.7. The number of rotatable bonds is 7. The Hall–Kier alpha value is -3.41. The Morgan fingerprint density at radius 1 is 1.03 bits per heavy atom. The number of amides is 1. The fourth-order valence-corrected chi connectivity index (χ4v) is 4.46. The lowest BCUT2D eigenvalue weighted by Gasteiger charge is -2.26. The van der Waals surface area contributed by atoms with E-state index in [9.17, 15) is 4.79 Å². The first-order valence-corrected chi connectivity index (χ1v) is 11.0. The number of aryl methyl sites for hydroxylation is 4. The van der Waals surface area contributed by atoms with Crippen LogP contribution in [0, 0.1) is 0 Å². The first-order valence-electron chi connectivity index (χ1n) is 11.0. The average Bonchev–Trinajstić information content (AvgIpc) is 3.43. The summed E-state index contributed by atoms with van der Waals surface area (Å²) in [6.07, 6.45) is 7.53. The smallest absolute Gasteiger partial charge is 0.220 e. The number of para-hydroxylation sites is 1. The SMILES string of the molecule is O=C(CCc1nnc(CCc2c[nH]c3ccccc23)o1)NC1CCCc2ccccc21. The van der Waals surface area contributed by atoms with Crippen molar-refractivity contribution >= 4 is 16.8 Å². The topological polar surface area (TPSA) is 83.8 Å². The molecule has 0 saturated carbocycles. The van der Waals surface area contributed by atoms with Gasteiger partial charge in [0.1, 0.15) is 0 Å². The van der Waals surface area contributed by atoms with Crippen molar-refractivity contribution < 1.29 is 9.21 Å². The third-order valence-electron chi connectivity index (χ3n) is 6.06. The van der Waals surface area contributed by atoms with Crippen molar-refractivity contribution in [3.8, 4) is 0 Å². The molecule has 0 fully saturated rings. The van der Waals surface area contributed by atoms with Crippen molar-refractivity contribution in [1.29, 1.82) is 0 Å². The number of carbonyl (C=O) groups excluding carboxylic acids is 1. The lowest BCUT2D eigenvalue weighted by molar-refractivity contribution is -0.122. The summed E-state index contributed by atoms with van der Waals surface area (Å²) in [5, 5.41) is 12.7. The summed E-state index contributed by atoms with van der Waals surface area (Å²) >= 11 is 0. The molecule has 0 bridgehead atoms. The molecule has 1 amide bonds. The van der Waals surface area contributed by atoms with Gasteiger partial charge in [0.05, 0.1) is 6.04 Å². The van der Waals surface area contributed by atoms with E-state index in [1.54, 1.807) is 0 Å². The maximum Gasteiger partial charge on any atom is 0.220 e. The number of H-pyrrole nitrogens is 1. The highest BCUT2D eigenvalue weighted by molar-refractivity contribution is 5.83. The highest BCUT2D eigenvalue weighted by atomic mass is 16.4. The highest BCUT2D eigenvalue weighted by Gasteiger charge is 2.21. The number of fused-ring (bicyclic) bond motifs is 2. The molecule has 0 spiro atoms. The van der Waals surface area contributed by atoms with Gasteiger partial charge >= 0.3 is 0 Å². The highest BCUT2D eigenvalue weighted by Crippen LogP contribution is 2.29. The van der Waals surface area contributed by atoms with Gasteiger partial charge in [-0.2, -0.15) is 0 Å². The molecule has 1 aliphatic rings. The van der Waals surface area contributed by atoms with Crippen molar-refractivity contribution in [3.63, 3.8) is 0 Å². The minimum absolute atomic E-state index is 0.0280. The molecule has 6 heteroatoms. The van der Waals surface area contributed by atoms with Crippen molar-refractivity contribution in [3.05, 3.63) is 83.2 Å². The van der Waals surface area contributed by atoms with Crippen LogP contribution in [-0.4, -0.2) is 21.1 Å². The zero-order valence-corrected chi connectivity index (χ0v) is 17.4. The second-order valence-electron chi connectivity index (χ2n) is 8.16. The Bertz CT molecular complexity index is 1190. The number of hydrogen-bond acceptors (Lipinski definition) is 4. The number of aromatic amines is 1. The number of benzene rings is 2. The molecule has 5 rings (SSSR count). The van der Waals surface area contributed by atoms with Crippen LogP contribution in [-0.2, 0) is 30.5 Å². The van der Waals surface area contributed by atoms with Gasteiger partial charge in [-0.25, -0.2) is 0 Å². The van der Waals surface area contributed by atoms with Crippen LogP contribution < -0.4 is 5.32 Å². The lowest BCUT2D eigenvalue weighted by atomic mass is 9.87. The van der Waals surface area contributed by atoms with E-state index in [2.05, 4.69) is 50.8 Å². The van der Waals surface area contributed by atoms with Crippen molar-refractivity contribution in [1.82, 2.24) is 20.5 Å². The zero-order chi connectivity index (χ0) is 21.0. The molecule has 2 N–H and O–H groups in total. The summed E-state index contributed by atoms with van der Waals surface area (Å²) in [6.45, 7) is 0. The number of carbonyl (C=O) groups is 1. The summed E-state index contributed by atoms with van der Waals surface area (Å²) in [4.78, 5) is 15.8. The van der Waals surface area contributed by atoms with E-state index >= 15 is 0 Å². The van der Waals surface area contributed by atoms with Gasteiger partial charge in [-0.1, -0.05) is 42.5 Å². The molecule has 6 nitrogen and oxygen atoms in total. The largest absolute Gasteiger partial charge is 0.425 e.